The van der Waals surface area contributed by atoms with Gasteiger partial charge in [0.05, 0.1) is 5.56 Å². The van der Waals surface area contributed by atoms with Gasteiger partial charge in [-0.2, -0.15) is 0 Å². The summed E-state index contributed by atoms with van der Waals surface area (Å²) in [6, 6.07) is 0. The van der Waals surface area contributed by atoms with Gasteiger partial charge in [-0.1, -0.05) is 0 Å². The van der Waals surface area contributed by atoms with E-state index in [0.717, 1.165) is 6.54 Å². The van der Waals surface area contributed by atoms with Crippen LogP contribution in [-0.4, -0.2) is 29.4 Å². The van der Waals surface area contributed by atoms with Crippen LogP contribution in [0.3, 0.4) is 0 Å². The Hall–Kier alpha value is -1.65. The van der Waals surface area contributed by atoms with Crippen molar-refractivity contribution in [3.8, 4) is 0 Å². The lowest BCUT2D eigenvalue weighted by atomic mass is 10.2. The predicted octanol–water partition coefficient (Wildman–Crippen LogP) is 0.525. The first-order valence-corrected chi connectivity index (χ1v) is 4.45. The molecule has 1 aromatic heterocycles. The van der Waals surface area contributed by atoms with Crippen molar-refractivity contribution in [2.75, 3.05) is 18.5 Å². The highest BCUT2D eigenvalue weighted by molar-refractivity contribution is 5.99. The Morgan fingerprint density at radius 3 is 2.79 bits per heavy atom. The minimum atomic E-state index is 0.000278. The van der Waals surface area contributed by atoms with Crippen LogP contribution in [-0.2, 0) is 0 Å². The fourth-order valence-corrected chi connectivity index (χ4v) is 1.09. The fourth-order valence-electron chi connectivity index (χ4n) is 1.09. The first-order chi connectivity index (χ1) is 6.56. The fraction of sp³-hybridized carbons (Fsp3) is 0.444. The number of nitrogens with zero attached hydrogens (tertiary/aromatic N) is 3. The van der Waals surface area contributed by atoms with Crippen LogP contribution in [0.15, 0.2) is 6.20 Å². The minimum Gasteiger partial charge on any atom is -0.384 e. The number of anilines is 1. The number of hydrogen-bond donors (Lipinski definition) is 2. The molecular formula is C9H15N5. The lowest BCUT2D eigenvalue weighted by molar-refractivity contribution is 0.908. The van der Waals surface area contributed by atoms with Crippen LogP contribution >= 0.6 is 0 Å². The smallest absolute Gasteiger partial charge is 0.143 e. The van der Waals surface area contributed by atoms with Gasteiger partial charge in [-0.25, -0.2) is 9.97 Å². The minimum absolute atomic E-state index is 0.000278. The molecule has 14 heavy (non-hydrogen) atoms. The summed E-state index contributed by atoms with van der Waals surface area (Å²) < 4.78 is 0. The predicted molar refractivity (Wildman–Crippen MR) is 56.7 cm³/mol. The molecule has 0 aliphatic heterocycles. The van der Waals surface area contributed by atoms with Crippen LogP contribution in [0.4, 0.5) is 5.82 Å². The second-order valence-corrected chi connectivity index (χ2v) is 3.08. The molecule has 1 aromatic rings. The maximum absolute atomic E-state index is 7.39. The average molecular weight is 193 g/mol. The van der Waals surface area contributed by atoms with Gasteiger partial charge in [0.1, 0.15) is 17.5 Å². The first kappa shape index (κ1) is 10.4. The highest BCUT2D eigenvalue weighted by Gasteiger charge is 2.10. The van der Waals surface area contributed by atoms with Gasteiger partial charge in [0.15, 0.2) is 0 Å². The van der Waals surface area contributed by atoms with E-state index in [0.29, 0.717) is 17.2 Å². The van der Waals surface area contributed by atoms with E-state index in [9.17, 15) is 0 Å². The van der Waals surface area contributed by atoms with Crippen LogP contribution in [0.1, 0.15) is 18.3 Å². The van der Waals surface area contributed by atoms with E-state index in [1.807, 2.05) is 25.8 Å². The van der Waals surface area contributed by atoms with Gasteiger partial charge in [-0.05, 0) is 13.8 Å². The number of nitrogen functional groups attached to an aromatic ring is 1. The molecule has 0 bridgehead atoms. The maximum atomic E-state index is 7.39. The van der Waals surface area contributed by atoms with E-state index in [1.165, 1.54) is 0 Å². The van der Waals surface area contributed by atoms with E-state index in [1.54, 1.807) is 6.20 Å². The van der Waals surface area contributed by atoms with Gasteiger partial charge < -0.3 is 10.6 Å². The molecular weight excluding hydrogens is 178 g/mol. The Kier molecular flexibility index (Phi) is 3.01. The average Bonchev–Trinajstić information content (AvgIpc) is 2.16. The van der Waals surface area contributed by atoms with Gasteiger partial charge in [0, 0.05) is 19.8 Å². The van der Waals surface area contributed by atoms with E-state index < -0.39 is 0 Å². The van der Waals surface area contributed by atoms with Crippen molar-refractivity contribution in [3.63, 3.8) is 0 Å². The van der Waals surface area contributed by atoms with Gasteiger partial charge >= 0.3 is 0 Å². The molecule has 3 N–H and O–H groups in total. The first-order valence-electron chi connectivity index (χ1n) is 4.45. The Labute approximate surface area is 83.5 Å². The monoisotopic (exact) mass is 193 g/mol. The van der Waals surface area contributed by atoms with Crippen molar-refractivity contribution in [3.05, 3.63) is 17.6 Å². The Morgan fingerprint density at radius 2 is 2.29 bits per heavy atom. The van der Waals surface area contributed by atoms with Crippen molar-refractivity contribution < 1.29 is 0 Å². The van der Waals surface area contributed by atoms with Gasteiger partial charge in [-0.3, -0.25) is 5.41 Å². The number of aromatic nitrogens is 2. The molecule has 1 rings (SSSR count). The number of rotatable bonds is 3. The van der Waals surface area contributed by atoms with Crippen LogP contribution in [0.25, 0.3) is 0 Å². The molecule has 76 valence electrons. The van der Waals surface area contributed by atoms with Crippen LogP contribution < -0.4 is 10.6 Å². The molecule has 1 heterocycles. The SMILES string of the molecule is CCN(C)c1nc(C)ncc1C(=N)N. The second-order valence-electron chi connectivity index (χ2n) is 3.08. The molecule has 0 unspecified atom stereocenters. The molecule has 0 radical (unpaired) electrons. The van der Waals surface area contributed by atoms with Crippen LogP contribution in [0.2, 0.25) is 0 Å². The largest absolute Gasteiger partial charge is 0.384 e. The van der Waals surface area contributed by atoms with Gasteiger partial charge in [-0.15, -0.1) is 0 Å². The standard InChI is InChI=1S/C9H15N5/c1-4-14(3)9-7(8(10)11)5-12-6(2)13-9/h5H,4H2,1-3H3,(H3,10,11). The molecule has 0 atom stereocenters. The molecule has 0 saturated carbocycles. The lowest BCUT2D eigenvalue weighted by Gasteiger charge is -2.18. The molecule has 0 aliphatic carbocycles. The second kappa shape index (κ2) is 4.04. The molecule has 0 aromatic carbocycles. The third kappa shape index (κ3) is 1.99. The summed E-state index contributed by atoms with van der Waals surface area (Å²) in [6.45, 7) is 4.65. The quantitative estimate of drug-likeness (QED) is 0.542. The van der Waals surface area contributed by atoms with Crippen molar-refractivity contribution in [1.29, 1.82) is 5.41 Å². The van der Waals surface area contributed by atoms with Crippen molar-refractivity contribution in [1.82, 2.24) is 9.97 Å². The molecule has 0 fully saturated rings. The zero-order chi connectivity index (χ0) is 10.7. The topological polar surface area (TPSA) is 78.9 Å². The summed E-state index contributed by atoms with van der Waals surface area (Å²) in [5, 5.41) is 7.39. The molecule has 0 aliphatic rings. The van der Waals surface area contributed by atoms with E-state index in [4.69, 9.17) is 11.1 Å². The Morgan fingerprint density at radius 1 is 1.64 bits per heavy atom. The molecule has 5 heteroatoms. The zero-order valence-electron chi connectivity index (χ0n) is 8.70. The lowest BCUT2D eigenvalue weighted by Crippen LogP contribution is -2.24. The van der Waals surface area contributed by atoms with Gasteiger partial charge in [0.2, 0.25) is 0 Å². The van der Waals surface area contributed by atoms with Crippen molar-refractivity contribution >= 4 is 11.7 Å². The highest BCUT2D eigenvalue weighted by Crippen LogP contribution is 2.14. The van der Waals surface area contributed by atoms with Crippen LogP contribution in [0, 0.1) is 12.3 Å². The summed E-state index contributed by atoms with van der Waals surface area (Å²) in [6.07, 6.45) is 1.59. The number of aryl methyl sites for hydroxylation is 1. The maximum Gasteiger partial charge on any atom is 0.143 e. The Bertz CT molecular complexity index is 347. The van der Waals surface area contributed by atoms with Gasteiger partial charge in [0.25, 0.3) is 0 Å². The number of nitrogens with two attached hydrogens (primary N) is 1. The normalized spacial score (nSPS) is 9.93. The summed E-state index contributed by atoms with van der Waals surface area (Å²) in [4.78, 5) is 10.2. The Balaban J connectivity index is 3.22. The molecule has 0 spiro atoms. The summed E-state index contributed by atoms with van der Waals surface area (Å²) in [5.41, 5.74) is 6.02. The number of amidine groups is 1. The molecule has 5 nitrogen and oxygen atoms in total. The van der Waals surface area contributed by atoms with E-state index in [-0.39, 0.29) is 5.84 Å². The van der Waals surface area contributed by atoms with E-state index in [2.05, 4.69) is 9.97 Å². The third-order valence-electron chi connectivity index (χ3n) is 2.02. The van der Waals surface area contributed by atoms with Crippen molar-refractivity contribution in [2.24, 2.45) is 5.73 Å². The van der Waals surface area contributed by atoms with Crippen LogP contribution in [0.5, 0.6) is 0 Å². The number of hydrogen-bond acceptors (Lipinski definition) is 4. The summed E-state index contributed by atoms with van der Waals surface area (Å²) >= 11 is 0. The molecule has 0 amide bonds. The summed E-state index contributed by atoms with van der Waals surface area (Å²) in [5.74, 6) is 1.40. The number of nitrogens with one attached hydrogen (secondary N) is 1. The summed E-state index contributed by atoms with van der Waals surface area (Å²) in [7, 11) is 1.91. The zero-order valence-corrected chi connectivity index (χ0v) is 8.70. The third-order valence-corrected chi connectivity index (χ3v) is 2.02. The highest BCUT2D eigenvalue weighted by atomic mass is 15.2. The molecule has 0 saturated heterocycles. The van der Waals surface area contributed by atoms with E-state index >= 15 is 0 Å². The van der Waals surface area contributed by atoms with Crippen molar-refractivity contribution in [2.45, 2.75) is 13.8 Å².